The molecule has 2 heterocycles. The number of hydrogen-bond acceptors (Lipinski definition) is 7. The summed E-state index contributed by atoms with van der Waals surface area (Å²) in [5.74, 6) is -0.479. The maximum atomic E-state index is 12.4. The maximum Gasteiger partial charge on any atom is 0.312 e. The van der Waals surface area contributed by atoms with Gasteiger partial charge >= 0.3 is 5.97 Å². The van der Waals surface area contributed by atoms with Crippen LogP contribution in [-0.4, -0.2) is 37.2 Å². The third kappa shape index (κ3) is 3.66. The first-order valence-corrected chi connectivity index (χ1v) is 10.1. The molecule has 7 nitrogen and oxygen atoms in total. The zero-order valence-corrected chi connectivity index (χ0v) is 15.9. The zero-order valence-electron chi connectivity index (χ0n) is 14.3. The third-order valence-electron chi connectivity index (χ3n) is 4.27. The number of rotatable bonds is 4. The molecule has 9 heteroatoms. The van der Waals surface area contributed by atoms with Crippen LogP contribution in [0.2, 0.25) is 5.28 Å². The molecule has 1 N–H and O–H groups in total. The lowest BCUT2D eigenvalue weighted by Gasteiger charge is -2.19. The molecule has 138 valence electrons. The summed E-state index contributed by atoms with van der Waals surface area (Å²) in [7, 11) is -2.11. The summed E-state index contributed by atoms with van der Waals surface area (Å²) in [4.78, 5) is 19.9. The summed E-state index contributed by atoms with van der Waals surface area (Å²) in [6.45, 7) is 1.75. The van der Waals surface area contributed by atoms with Crippen LogP contribution in [0, 0.1) is 0 Å². The number of fused-ring (bicyclic) bond motifs is 1. The molecule has 1 aromatic carbocycles. The molecule has 0 radical (unpaired) electrons. The highest BCUT2D eigenvalue weighted by Gasteiger charge is 2.30. The maximum absolute atomic E-state index is 12.4. The minimum Gasteiger partial charge on any atom is -0.469 e. The Kier molecular flexibility index (Phi) is 5.15. The fraction of sp³-hybridized carbons (Fsp3) is 0.353. The highest BCUT2D eigenvalue weighted by molar-refractivity contribution is 7.91. The number of hydrogen-bond donors (Lipinski definition) is 1. The van der Waals surface area contributed by atoms with Crippen LogP contribution < -0.4 is 5.32 Å². The number of sulfone groups is 1. The molecule has 1 aliphatic heterocycles. The van der Waals surface area contributed by atoms with Crippen LogP contribution in [0.4, 0.5) is 11.5 Å². The highest BCUT2D eigenvalue weighted by Crippen LogP contribution is 2.32. The number of nitrogens with one attached hydrogen (secondary N) is 1. The lowest BCUT2D eigenvalue weighted by Crippen LogP contribution is -2.20. The summed E-state index contributed by atoms with van der Waals surface area (Å²) in [5, 5.41) is 3.01. The third-order valence-corrected chi connectivity index (χ3v) is 6.32. The molecule has 0 aliphatic carbocycles. The van der Waals surface area contributed by atoms with E-state index >= 15 is 0 Å². The highest BCUT2D eigenvalue weighted by atomic mass is 35.5. The monoisotopic (exact) mass is 395 g/mol. The van der Waals surface area contributed by atoms with Crippen LogP contribution >= 0.6 is 11.6 Å². The van der Waals surface area contributed by atoms with E-state index in [1.54, 1.807) is 31.2 Å². The van der Waals surface area contributed by atoms with Crippen LogP contribution in [0.5, 0.6) is 0 Å². The van der Waals surface area contributed by atoms with E-state index in [2.05, 4.69) is 15.3 Å². The molecule has 0 spiro atoms. The first-order chi connectivity index (χ1) is 12.3. The minimum absolute atomic E-state index is 0.000663. The standard InChI is InChI=1S/C17H18ClN3O4S/c1-10(16(22)25-2)11-5-7-12(8-6-11)19-15-14-13(20-17(18)21-15)4-3-9-26(14,23)24/h5-8,10H,3-4,9H2,1-2H3,(H,19,20,21)/t10-/m0/s1. The number of methoxy groups -OCH3 is 1. The molecular formula is C17H18ClN3O4S. The van der Waals surface area contributed by atoms with E-state index in [9.17, 15) is 13.2 Å². The van der Waals surface area contributed by atoms with Crippen molar-refractivity contribution in [1.29, 1.82) is 0 Å². The minimum atomic E-state index is -3.45. The zero-order chi connectivity index (χ0) is 18.9. The number of anilines is 2. The van der Waals surface area contributed by atoms with Crippen molar-refractivity contribution in [2.75, 3.05) is 18.2 Å². The van der Waals surface area contributed by atoms with Gasteiger partial charge < -0.3 is 10.1 Å². The van der Waals surface area contributed by atoms with Crippen LogP contribution in [0.3, 0.4) is 0 Å². The lowest BCUT2D eigenvalue weighted by atomic mass is 10.0. The number of ether oxygens (including phenoxy) is 1. The first-order valence-electron chi connectivity index (χ1n) is 8.06. The van der Waals surface area contributed by atoms with E-state index in [1.807, 2.05) is 0 Å². The summed E-state index contributed by atoms with van der Waals surface area (Å²) in [6.07, 6.45) is 1.06. The van der Waals surface area contributed by atoms with Crippen LogP contribution in [0.1, 0.15) is 30.5 Å². The summed E-state index contributed by atoms with van der Waals surface area (Å²) < 4.78 is 29.6. The summed E-state index contributed by atoms with van der Waals surface area (Å²) in [5.41, 5.74) is 1.86. The van der Waals surface area contributed by atoms with Crippen molar-refractivity contribution in [3.8, 4) is 0 Å². The van der Waals surface area contributed by atoms with E-state index in [-0.39, 0.29) is 27.7 Å². The van der Waals surface area contributed by atoms with Gasteiger partial charge in [-0.2, -0.15) is 4.98 Å². The Labute approximate surface area is 156 Å². The van der Waals surface area contributed by atoms with Gasteiger partial charge in [0.1, 0.15) is 4.90 Å². The smallest absolute Gasteiger partial charge is 0.312 e. The average Bonchev–Trinajstić information content (AvgIpc) is 2.60. The topological polar surface area (TPSA) is 98.2 Å². The SMILES string of the molecule is COC(=O)[C@@H](C)c1ccc(Nc2nc(Cl)nc3c2S(=O)(=O)CCC3)cc1. The summed E-state index contributed by atoms with van der Waals surface area (Å²) in [6, 6.07) is 7.03. The van der Waals surface area contributed by atoms with Gasteiger partial charge in [-0.1, -0.05) is 12.1 Å². The van der Waals surface area contributed by atoms with Crippen LogP contribution in [0.25, 0.3) is 0 Å². The molecule has 2 aromatic rings. The van der Waals surface area contributed by atoms with Gasteiger partial charge in [0.05, 0.1) is 24.5 Å². The number of aryl methyl sites for hydroxylation is 1. The van der Waals surface area contributed by atoms with Gasteiger partial charge in [0.15, 0.2) is 15.7 Å². The van der Waals surface area contributed by atoms with Crippen molar-refractivity contribution in [2.24, 2.45) is 0 Å². The normalized spacial score (nSPS) is 16.4. The molecule has 0 saturated heterocycles. The molecule has 1 atom stereocenters. The average molecular weight is 396 g/mol. The molecule has 1 aromatic heterocycles. The number of esters is 1. The number of carbonyl (C=O) groups is 1. The van der Waals surface area contributed by atoms with Crippen molar-refractivity contribution in [3.05, 3.63) is 40.8 Å². The van der Waals surface area contributed by atoms with E-state index in [0.29, 0.717) is 24.2 Å². The van der Waals surface area contributed by atoms with Gasteiger partial charge in [0, 0.05) is 5.69 Å². The van der Waals surface area contributed by atoms with Gasteiger partial charge in [0.25, 0.3) is 0 Å². The van der Waals surface area contributed by atoms with E-state index in [4.69, 9.17) is 16.3 Å². The number of halogens is 1. The molecule has 0 bridgehead atoms. The van der Waals surface area contributed by atoms with E-state index < -0.39 is 15.8 Å². The lowest BCUT2D eigenvalue weighted by molar-refractivity contribution is -0.141. The van der Waals surface area contributed by atoms with Crippen molar-refractivity contribution in [1.82, 2.24) is 9.97 Å². The Bertz CT molecular complexity index is 945. The molecule has 26 heavy (non-hydrogen) atoms. The van der Waals surface area contributed by atoms with E-state index in [0.717, 1.165) is 5.56 Å². The second-order valence-corrected chi connectivity index (χ2v) is 8.42. The fourth-order valence-corrected chi connectivity index (χ4v) is 4.70. The van der Waals surface area contributed by atoms with Gasteiger partial charge in [-0.15, -0.1) is 0 Å². The van der Waals surface area contributed by atoms with Gasteiger partial charge in [0.2, 0.25) is 5.28 Å². The molecule has 1 aliphatic rings. The predicted molar refractivity (Wildman–Crippen MR) is 97.6 cm³/mol. The van der Waals surface area contributed by atoms with E-state index in [1.165, 1.54) is 7.11 Å². The second-order valence-electron chi connectivity index (χ2n) is 6.03. The van der Waals surface area contributed by atoms with Gasteiger partial charge in [-0.3, -0.25) is 4.79 Å². The van der Waals surface area contributed by atoms with Gasteiger partial charge in [-0.25, -0.2) is 13.4 Å². The summed E-state index contributed by atoms with van der Waals surface area (Å²) >= 11 is 5.95. The Hall–Kier alpha value is -2.19. The number of benzene rings is 1. The van der Waals surface area contributed by atoms with Crippen LogP contribution in [0.15, 0.2) is 29.2 Å². The molecular weight excluding hydrogens is 378 g/mol. The predicted octanol–water partition coefficient (Wildman–Crippen LogP) is 2.87. The number of nitrogens with zero attached hydrogens (tertiary/aromatic N) is 2. The molecule has 0 fully saturated rings. The van der Waals surface area contributed by atoms with Crippen molar-refractivity contribution in [3.63, 3.8) is 0 Å². The Morgan fingerprint density at radius 3 is 2.62 bits per heavy atom. The fourth-order valence-electron chi connectivity index (χ4n) is 2.88. The van der Waals surface area contributed by atoms with Crippen LogP contribution in [-0.2, 0) is 25.8 Å². The molecule has 0 unspecified atom stereocenters. The Morgan fingerprint density at radius 1 is 1.27 bits per heavy atom. The Balaban J connectivity index is 1.93. The van der Waals surface area contributed by atoms with Crippen molar-refractivity contribution < 1.29 is 17.9 Å². The van der Waals surface area contributed by atoms with Crippen molar-refractivity contribution >= 4 is 38.9 Å². The molecule has 0 saturated carbocycles. The number of carbonyl (C=O) groups excluding carboxylic acids is 1. The molecule has 0 amide bonds. The largest absolute Gasteiger partial charge is 0.469 e. The molecule has 3 rings (SSSR count). The van der Waals surface area contributed by atoms with Gasteiger partial charge in [-0.05, 0) is 49.1 Å². The number of aromatic nitrogens is 2. The quantitative estimate of drug-likeness (QED) is 0.627. The Morgan fingerprint density at radius 2 is 1.96 bits per heavy atom. The van der Waals surface area contributed by atoms with Crippen molar-refractivity contribution in [2.45, 2.75) is 30.6 Å². The first kappa shape index (κ1) is 18.6. The second kappa shape index (κ2) is 7.20.